The molecule has 27 heavy (non-hydrogen) atoms. The number of anilines is 1. The topological polar surface area (TPSA) is 35.6 Å². The molecular formula is C21H25F2N3O. The molecule has 1 aliphatic heterocycles. The van der Waals surface area contributed by atoms with Gasteiger partial charge < -0.3 is 15.1 Å². The van der Waals surface area contributed by atoms with Crippen molar-refractivity contribution in [3.05, 3.63) is 65.2 Å². The van der Waals surface area contributed by atoms with Gasteiger partial charge >= 0.3 is 0 Å². The van der Waals surface area contributed by atoms with Crippen LogP contribution < -0.4 is 10.2 Å². The predicted octanol–water partition coefficient (Wildman–Crippen LogP) is 3.14. The van der Waals surface area contributed by atoms with E-state index in [1.54, 1.807) is 18.2 Å². The lowest BCUT2D eigenvalue weighted by Crippen LogP contribution is -2.45. The molecule has 1 saturated heterocycles. The number of carbonyl (C=O) groups excluding carboxylic acids is 1. The Morgan fingerprint density at radius 2 is 1.67 bits per heavy atom. The van der Waals surface area contributed by atoms with E-state index in [0.717, 1.165) is 43.0 Å². The van der Waals surface area contributed by atoms with E-state index in [1.165, 1.54) is 24.3 Å². The van der Waals surface area contributed by atoms with Crippen molar-refractivity contribution in [3.8, 4) is 0 Å². The van der Waals surface area contributed by atoms with E-state index in [0.29, 0.717) is 0 Å². The zero-order valence-corrected chi connectivity index (χ0v) is 15.7. The Kier molecular flexibility index (Phi) is 6.06. The predicted molar refractivity (Wildman–Crippen MR) is 103 cm³/mol. The van der Waals surface area contributed by atoms with Gasteiger partial charge in [0.15, 0.2) is 0 Å². The number of carbonyl (C=O) groups is 1. The highest BCUT2D eigenvalue weighted by molar-refractivity contribution is 5.79. The lowest BCUT2D eigenvalue weighted by molar-refractivity contribution is -0.121. The summed E-state index contributed by atoms with van der Waals surface area (Å²) in [4.78, 5) is 16.9. The van der Waals surface area contributed by atoms with Crippen molar-refractivity contribution in [2.75, 3.05) is 38.1 Å². The maximum Gasteiger partial charge on any atom is 0.224 e. The lowest BCUT2D eigenvalue weighted by atomic mass is 10.0. The summed E-state index contributed by atoms with van der Waals surface area (Å²) in [7, 11) is 2.08. The fourth-order valence-electron chi connectivity index (χ4n) is 3.37. The quantitative estimate of drug-likeness (QED) is 0.875. The average Bonchev–Trinajstić information content (AvgIpc) is 2.64. The van der Waals surface area contributed by atoms with Crippen molar-refractivity contribution in [1.82, 2.24) is 10.2 Å². The molecule has 0 aliphatic carbocycles. The summed E-state index contributed by atoms with van der Waals surface area (Å²) in [6.45, 7) is 5.48. The van der Waals surface area contributed by atoms with Crippen LogP contribution in [0.15, 0.2) is 42.5 Å². The van der Waals surface area contributed by atoms with Gasteiger partial charge in [-0.05, 0) is 49.9 Å². The molecule has 2 aromatic carbocycles. The van der Waals surface area contributed by atoms with E-state index in [1.807, 2.05) is 6.92 Å². The van der Waals surface area contributed by atoms with Crippen LogP contribution in [-0.4, -0.2) is 44.0 Å². The largest absolute Gasteiger partial charge is 0.369 e. The van der Waals surface area contributed by atoms with Crippen LogP contribution in [0.2, 0.25) is 0 Å². The molecule has 1 fully saturated rings. The second-order valence-electron chi connectivity index (χ2n) is 7.09. The minimum atomic E-state index is -0.330. The van der Waals surface area contributed by atoms with E-state index in [-0.39, 0.29) is 30.0 Å². The summed E-state index contributed by atoms with van der Waals surface area (Å²) < 4.78 is 26.9. The second kappa shape index (κ2) is 8.48. The molecule has 0 unspecified atom stereocenters. The van der Waals surface area contributed by atoms with Gasteiger partial charge in [0, 0.05) is 37.4 Å². The van der Waals surface area contributed by atoms with Gasteiger partial charge in [-0.2, -0.15) is 0 Å². The number of amides is 1. The molecule has 144 valence electrons. The summed E-state index contributed by atoms with van der Waals surface area (Å²) in [6, 6.07) is 10.3. The Balaban J connectivity index is 1.71. The number of hydrogen-bond acceptors (Lipinski definition) is 3. The van der Waals surface area contributed by atoms with E-state index < -0.39 is 0 Å². The molecule has 6 heteroatoms. The van der Waals surface area contributed by atoms with Gasteiger partial charge in [-0.25, -0.2) is 8.78 Å². The van der Waals surface area contributed by atoms with Crippen LogP contribution in [0.4, 0.5) is 14.5 Å². The number of benzene rings is 2. The van der Waals surface area contributed by atoms with Gasteiger partial charge in [0.1, 0.15) is 11.6 Å². The normalized spacial score (nSPS) is 16.2. The van der Waals surface area contributed by atoms with Crippen molar-refractivity contribution < 1.29 is 13.6 Å². The van der Waals surface area contributed by atoms with E-state index >= 15 is 0 Å². The monoisotopic (exact) mass is 373 g/mol. The number of nitrogens with one attached hydrogen (secondary N) is 1. The minimum absolute atomic E-state index is 0.157. The zero-order valence-electron chi connectivity index (χ0n) is 15.7. The third-order valence-electron chi connectivity index (χ3n) is 4.96. The first-order valence-electron chi connectivity index (χ1n) is 9.19. The molecule has 1 amide bonds. The van der Waals surface area contributed by atoms with Crippen molar-refractivity contribution >= 4 is 11.6 Å². The molecular weight excluding hydrogens is 348 g/mol. The first-order chi connectivity index (χ1) is 12.9. The van der Waals surface area contributed by atoms with Crippen molar-refractivity contribution in [3.63, 3.8) is 0 Å². The number of piperazine rings is 1. The molecule has 0 bridgehead atoms. The van der Waals surface area contributed by atoms with Crippen LogP contribution in [0, 0.1) is 11.6 Å². The van der Waals surface area contributed by atoms with Gasteiger partial charge in [-0.1, -0.05) is 12.1 Å². The Morgan fingerprint density at radius 3 is 2.33 bits per heavy atom. The first kappa shape index (κ1) is 19.3. The maximum absolute atomic E-state index is 13.9. The van der Waals surface area contributed by atoms with E-state index in [4.69, 9.17) is 0 Å². The third-order valence-corrected chi connectivity index (χ3v) is 4.96. The molecule has 1 heterocycles. The van der Waals surface area contributed by atoms with Gasteiger partial charge in [0.2, 0.25) is 5.91 Å². The molecule has 2 aromatic rings. The first-order valence-corrected chi connectivity index (χ1v) is 9.19. The highest BCUT2D eigenvalue weighted by atomic mass is 19.1. The second-order valence-corrected chi connectivity index (χ2v) is 7.09. The highest BCUT2D eigenvalue weighted by Gasteiger charge is 2.21. The zero-order chi connectivity index (χ0) is 19.4. The highest BCUT2D eigenvalue weighted by Crippen LogP contribution is 2.28. The fraction of sp³-hybridized carbons (Fsp3) is 0.381. The average molecular weight is 373 g/mol. The fourth-order valence-corrected chi connectivity index (χ4v) is 3.37. The molecule has 1 atom stereocenters. The van der Waals surface area contributed by atoms with E-state index in [2.05, 4.69) is 22.2 Å². The van der Waals surface area contributed by atoms with Crippen molar-refractivity contribution in [2.45, 2.75) is 19.4 Å². The summed E-state index contributed by atoms with van der Waals surface area (Å²) in [5, 5.41) is 2.94. The van der Waals surface area contributed by atoms with Crippen LogP contribution >= 0.6 is 0 Å². The van der Waals surface area contributed by atoms with Crippen LogP contribution in [-0.2, 0) is 11.2 Å². The Bertz CT molecular complexity index is 787. The number of rotatable bonds is 5. The van der Waals surface area contributed by atoms with Gasteiger partial charge in [-0.3, -0.25) is 4.79 Å². The molecule has 0 saturated carbocycles. The van der Waals surface area contributed by atoms with Crippen LogP contribution in [0.5, 0.6) is 0 Å². The Morgan fingerprint density at radius 1 is 1.04 bits per heavy atom. The molecule has 3 rings (SSSR count). The van der Waals surface area contributed by atoms with Crippen LogP contribution in [0.3, 0.4) is 0 Å². The summed E-state index contributed by atoms with van der Waals surface area (Å²) in [5.74, 6) is -0.825. The van der Waals surface area contributed by atoms with Crippen molar-refractivity contribution in [1.29, 1.82) is 0 Å². The number of likely N-dealkylation sites (N-methyl/N-ethyl adjacent to an activating group) is 1. The lowest BCUT2D eigenvalue weighted by Gasteiger charge is -2.36. The molecule has 1 aliphatic rings. The SMILES string of the molecule is C[C@@H](NC(=O)Cc1ccc(F)cc1)c1cc(F)ccc1N1CCN(C)CC1. The molecule has 0 aromatic heterocycles. The maximum atomic E-state index is 13.9. The summed E-state index contributed by atoms with van der Waals surface area (Å²) in [6.07, 6.45) is 0.157. The van der Waals surface area contributed by atoms with E-state index in [9.17, 15) is 13.6 Å². The number of hydrogen-bond donors (Lipinski definition) is 1. The molecule has 0 radical (unpaired) electrons. The Hall–Kier alpha value is -2.47. The molecule has 1 N–H and O–H groups in total. The number of nitrogens with zero attached hydrogens (tertiary/aromatic N) is 2. The van der Waals surface area contributed by atoms with Crippen LogP contribution in [0.25, 0.3) is 0 Å². The molecule has 4 nitrogen and oxygen atoms in total. The van der Waals surface area contributed by atoms with Crippen LogP contribution in [0.1, 0.15) is 24.1 Å². The minimum Gasteiger partial charge on any atom is -0.369 e. The summed E-state index contributed by atoms with van der Waals surface area (Å²) >= 11 is 0. The Labute approximate surface area is 158 Å². The number of halogens is 2. The molecule has 0 spiro atoms. The van der Waals surface area contributed by atoms with Gasteiger partial charge in [0.05, 0.1) is 12.5 Å². The summed E-state index contributed by atoms with van der Waals surface area (Å²) in [5.41, 5.74) is 2.46. The van der Waals surface area contributed by atoms with Gasteiger partial charge in [0.25, 0.3) is 0 Å². The van der Waals surface area contributed by atoms with Gasteiger partial charge in [-0.15, -0.1) is 0 Å². The third kappa shape index (κ3) is 5.04. The smallest absolute Gasteiger partial charge is 0.224 e. The van der Waals surface area contributed by atoms with Crippen molar-refractivity contribution in [2.24, 2.45) is 0 Å². The standard InChI is InChI=1S/C21H25F2N3O/c1-15(24-21(27)13-16-3-5-17(22)6-4-16)19-14-18(23)7-8-20(19)26-11-9-25(2)10-12-26/h3-8,14-15H,9-13H2,1-2H3,(H,24,27)/t15-/m1/s1.